The van der Waals surface area contributed by atoms with Crippen LogP contribution in [0.4, 0.5) is 0 Å². The highest BCUT2D eigenvalue weighted by Gasteiger charge is 2.14. The first-order valence-electron chi connectivity index (χ1n) is 6.65. The fraction of sp³-hybridized carbons (Fsp3) is 0.643. The van der Waals surface area contributed by atoms with Gasteiger partial charge in [0.25, 0.3) is 0 Å². The second-order valence-corrected chi connectivity index (χ2v) is 6.30. The molecular formula is C14H22N2S. The molecule has 1 aliphatic carbocycles. The third-order valence-electron chi connectivity index (χ3n) is 3.26. The minimum absolute atomic E-state index is 0.590. The fourth-order valence-corrected chi connectivity index (χ4v) is 3.17. The van der Waals surface area contributed by atoms with Crippen molar-refractivity contribution in [2.75, 3.05) is 6.54 Å². The molecule has 1 unspecified atom stereocenters. The van der Waals surface area contributed by atoms with E-state index in [0.29, 0.717) is 5.25 Å². The molecule has 3 heteroatoms. The van der Waals surface area contributed by atoms with Crippen LogP contribution in [-0.2, 0) is 0 Å². The molecule has 1 aromatic heterocycles. The maximum absolute atomic E-state index is 4.35. The molecule has 0 aromatic carbocycles. The summed E-state index contributed by atoms with van der Waals surface area (Å²) in [6, 6.07) is 6.86. The first-order valence-corrected chi connectivity index (χ1v) is 7.53. The second kappa shape index (κ2) is 7.02. The van der Waals surface area contributed by atoms with Crippen LogP contribution < -0.4 is 5.32 Å². The Labute approximate surface area is 109 Å². The van der Waals surface area contributed by atoms with Gasteiger partial charge in [0.05, 0.1) is 5.03 Å². The number of nitrogens with zero attached hydrogens (tertiary/aromatic N) is 1. The van der Waals surface area contributed by atoms with E-state index in [0.717, 1.165) is 17.6 Å². The van der Waals surface area contributed by atoms with Crippen LogP contribution in [0.3, 0.4) is 0 Å². The molecule has 0 aliphatic heterocycles. The Kier molecular flexibility index (Phi) is 5.33. The molecule has 1 aliphatic rings. The van der Waals surface area contributed by atoms with Crippen molar-refractivity contribution in [2.24, 2.45) is 0 Å². The van der Waals surface area contributed by atoms with E-state index in [2.05, 4.69) is 29.4 Å². The number of hydrogen-bond donors (Lipinski definition) is 1. The minimum Gasteiger partial charge on any atom is -0.313 e. The maximum atomic E-state index is 4.35. The molecular weight excluding hydrogens is 228 g/mol. The summed E-state index contributed by atoms with van der Waals surface area (Å²) in [4.78, 5) is 4.35. The predicted octanol–water partition coefficient (Wildman–Crippen LogP) is 3.48. The third-order valence-corrected chi connectivity index (χ3v) is 4.31. The molecule has 1 fully saturated rings. The highest BCUT2D eigenvalue weighted by atomic mass is 32.2. The zero-order valence-electron chi connectivity index (χ0n) is 10.6. The lowest BCUT2D eigenvalue weighted by Gasteiger charge is -2.24. The van der Waals surface area contributed by atoms with Gasteiger partial charge in [0, 0.05) is 24.0 Å². The van der Waals surface area contributed by atoms with E-state index in [9.17, 15) is 0 Å². The topological polar surface area (TPSA) is 24.9 Å². The van der Waals surface area contributed by atoms with Crippen LogP contribution in [0.1, 0.15) is 39.0 Å². The van der Waals surface area contributed by atoms with Crippen molar-refractivity contribution in [1.29, 1.82) is 0 Å². The summed E-state index contributed by atoms with van der Waals surface area (Å²) in [5.74, 6) is 0. The molecule has 1 aromatic rings. The zero-order valence-corrected chi connectivity index (χ0v) is 11.4. The number of pyridine rings is 1. The summed E-state index contributed by atoms with van der Waals surface area (Å²) in [5, 5.41) is 5.41. The van der Waals surface area contributed by atoms with Gasteiger partial charge in [0.2, 0.25) is 0 Å². The van der Waals surface area contributed by atoms with E-state index in [4.69, 9.17) is 0 Å². The standard InChI is InChI=1S/C14H22N2S/c1-12(17-14-9-5-6-10-15-14)11-16-13-7-3-2-4-8-13/h5-6,9-10,12-13,16H,2-4,7-8,11H2,1H3. The molecule has 0 radical (unpaired) electrons. The van der Waals surface area contributed by atoms with Gasteiger partial charge in [0.15, 0.2) is 0 Å². The summed E-state index contributed by atoms with van der Waals surface area (Å²) < 4.78 is 0. The minimum atomic E-state index is 0.590. The lowest BCUT2D eigenvalue weighted by Crippen LogP contribution is -2.35. The fourth-order valence-electron chi connectivity index (χ4n) is 2.30. The summed E-state index contributed by atoms with van der Waals surface area (Å²) in [5.41, 5.74) is 0. The highest BCUT2D eigenvalue weighted by molar-refractivity contribution is 7.99. The second-order valence-electron chi connectivity index (χ2n) is 4.84. The van der Waals surface area contributed by atoms with Gasteiger partial charge >= 0.3 is 0 Å². The number of thioether (sulfide) groups is 1. The number of rotatable bonds is 5. The number of nitrogens with one attached hydrogen (secondary N) is 1. The molecule has 0 amide bonds. The van der Waals surface area contributed by atoms with E-state index in [-0.39, 0.29) is 0 Å². The lowest BCUT2D eigenvalue weighted by molar-refractivity contribution is 0.375. The van der Waals surface area contributed by atoms with E-state index >= 15 is 0 Å². The Balaban J connectivity index is 1.68. The third kappa shape index (κ3) is 4.68. The summed E-state index contributed by atoms with van der Waals surface area (Å²) >= 11 is 1.86. The molecule has 94 valence electrons. The van der Waals surface area contributed by atoms with Gasteiger partial charge in [0.1, 0.15) is 0 Å². The van der Waals surface area contributed by atoms with Gasteiger partial charge in [-0.15, -0.1) is 11.8 Å². The van der Waals surface area contributed by atoms with E-state index in [1.165, 1.54) is 32.1 Å². The summed E-state index contributed by atoms with van der Waals surface area (Å²) in [7, 11) is 0. The average molecular weight is 250 g/mol. The Bertz CT molecular complexity index is 309. The van der Waals surface area contributed by atoms with Crippen LogP contribution in [0.2, 0.25) is 0 Å². The van der Waals surface area contributed by atoms with Crippen molar-refractivity contribution < 1.29 is 0 Å². The summed E-state index contributed by atoms with van der Waals surface area (Å²) in [6.45, 7) is 3.36. The first-order chi connectivity index (χ1) is 8.34. The van der Waals surface area contributed by atoms with Crippen molar-refractivity contribution in [3.05, 3.63) is 24.4 Å². The van der Waals surface area contributed by atoms with Crippen LogP contribution in [0.25, 0.3) is 0 Å². The molecule has 1 saturated carbocycles. The normalized spacial score (nSPS) is 19.1. The monoisotopic (exact) mass is 250 g/mol. The summed E-state index contributed by atoms with van der Waals surface area (Å²) in [6.07, 6.45) is 8.82. The van der Waals surface area contributed by atoms with Crippen LogP contribution >= 0.6 is 11.8 Å². The van der Waals surface area contributed by atoms with Crippen molar-refractivity contribution >= 4 is 11.8 Å². The molecule has 1 atom stereocenters. The molecule has 1 heterocycles. The average Bonchev–Trinajstić information content (AvgIpc) is 2.39. The van der Waals surface area contributed by atoms with Crippen LogP contribution in [0, 0.1) is 0 Å². The van der Waals surface area contributed by atoms with Crippen LogP contribution in [0.15, 0.2) is 29.4 Å². The van der Waals surface area contributed by atoms with Gasteiger partial charge in [-0.3, -0.25) is 0 Å². The number of aromatic nitrogens is 1. The predicted molar refractivity (Wildman–Crippen MR) is 74.4 cm³/mol. The largest absolute Gasteiger partial charge is 0.313 e. The molecule has 2 nitrogen and oxygen atoms in total. The maximum Gasteiger partial charge on any atom is 0.0962 e. The van der Waals surface area contributed by atoms with Gasteiger partial charge in [-0.2, -0.15) is 0 Å². The first kappa shape index (κ1) is 12.9. The molecule has 2 rings (SSSR count). The lowest BCUT2D eigenvalue weighted by atomic mass is 9.95. The van der Waals surface area contributed by atoms with Crippen molar-refractivity contribution in [3.8, 4) is 0 Å². The molecule has 1 N–H and O–H groups in total. The van der Waals surface area contributed by atoms with Crippen molar-refractivity contribution in [1.82, 2.24) is 10.3 Å². The zero-order chi connectivity index (χ0) is 11.9. The molecule has 0 bridgehead atoms. The van der Waals surface area contributed by atoms with Crippen molar-refractivity contribution in [2.45, 2.75) is 55.3 Å². The molecule has 0 spiro atoms. The quantitative estimate of drug-likeness (QED) is 0.810. The van der Waals surface area contributed by atoms with Crippen LogP contribution in [0.5, 0.6) is 0 Å². The van der Waals surface area contributed by atoms with Gasteiger partial charge in [-0.25, -0.2) is 4.98 Å². The Morgan fingerprint density at radius 3 is 2.88 bits per heavy atom. The Morgan fingerprint density at radius 1 is 1.35 bits per heavy atom. The molecule has 17 heavy (non-hydrogen) atoms. The highest BCUT2D eigenvalue weighted by Crippen LogP contribution is 2.21. The number of hydrogen-bond acceptors (Lipinski definition) is 3. The van der Waals surface area contributed by atoms with Gasteiger partial charge in [-0.1, -0.05) is 32.3 Å². The molecule has 0 saturated heterocycles. The smallest absolute Gasteiger partial charge is 0.0962 e. The SMILES string of the molecule is CC(CNC1CCCCC1)Sc1ccccn1. The van der Waals surface area contributed by atoms with E-state index < -0.39 is 0 Å². The Hall–Kier alpha value is -0.540. The van der Waals surface area contributed by atoms with E-state index in [1.54, 1.807) is 0 Å². The van der Waals surface area contributed by atoms with Crippen molar-refractivity contribution in [3.63, 3.8) is 0 Å². The van der Waals surface area contributed by atoms with Gasteiger partial charge < -0.3 is 5.32 Å². The van der Waals surface area contributed by atoms with E-state index in [1.807, 2.05) is 24.0 Å². The van der Waals surface area contributed by atoms with Gasteiger partial charge in [-0.05, 0) is 25.0 Å². The van der Waals surface area contributed by atoms with Crippen LogP contribution in [-0.4, -0.2) is 22.8 Å². The Morgan fingerprint density at radius 2 is 2.18 bits per heavy atom.